The van der Waals surface area contributed by atoms with Crippen molar-refractivity contribution in [1.82, 2.24) is 10.3 Å². The Kier molecular flexibility index (Phi) is 5.97. The van der Waals surface area contributed by atoms with Crippen molar-refractivity contribution in [3.05, 3.63) is 46.4 Å². The van der Waals surface area contributed by atoms with Crippen LogP contribution in [0.4, 0.5) is 4.79 Å². The Morgan fingerprint density at radius 3 is 2.92 bits per heavy atom. The van der Waals surface area contributed by atoms with Gasteiger partial charge in [0.25, 0.3) is 5.56 Å². The average Bonchev–Trinajstić information content (AvgIpc) is 2.56. The highest BCUT2D eigenvalue weighted by Gasteiger charge is 2.03. The van der Waals surface area contributed by atoms with Gasteiger partial charge in [0.1, 0.15) is 6.54 Å². The van der Waals surface area contributed by atoms with Crippen LogP contribution in [0.3, 0.4) is 0 Å². The predicted octanol–water partition coefficient (Wildman–Crippen LogP) is 1.47. The lowest BCUT2D eigenvalue weighted by molar-refractivity contribution is -0.135. The van der Waals surface area contributed by atoms with E-state index in [1.165, 1.54) is 0 Å². The minimum Gasteiger partial charge on any atom is -0.480 e. The fraction of sp³-hybridized carbons (Fsp3) is 0.235. The molecule has 0 aliphatic rings. The van der Waals surface area contributed by atoms with Gasteiger partial charge in [-0.25, -0.2) is 4.79 Å². The minimum atomic E-state index is -1.13. The van der Waals surface area contributed by atoms with E-state index in [4.69, 9.17) is 9.84 Å². The molecule has 0 bridgehead atoms. The molecule has 2 aromatic rings. The van der Waals surface area contributed by atoms with E-state index < -0.39 is 18.6 Å². The normalized spacial score (nSPS) is 9.83. The highest BCUT2D eigenvalue weighted by molar-refractivity contribution is 5.82. The Hall–Kier alpha value is -3.27. The smallest absolute Gasteiger partial charge is 0.407 e. The van der Waals surface area contributed by atoms with Crippen LogP contribution in [0.1, 0.15) is 18.4 Å². The van der Waals surface area contributed by atoms with E-state index in [1.54, 1.807) is 12.3 Å². The molecular weight excluding hydrogens is 312 g/mol. The number of fused-ring (bicyclic) bond motifs is 1. The fourth-order valence-electron chi connectivity index (χ4n) is 1.95. The van der Waals surface area contributed by atoms with Gasteiger partial charge in [0.05, 0.1) is 6.61 Å². The average molecular weight is 328 g/mol. The second-order valence-electron chi connectivity index (χ2n) is 4.90. The van der Waals surface area contributed by atoms with Gasteiger partial charge >= 0.3 is 12.1 Å². The third-order valence-corrected chi connectivity index (χ3v) is 3.07. The molecule has 1 aromatic heterocycles. The summed E-state index contributed by atoms with van der Waals surface area (Å²) in [6, 6.07) is 7.23. The number of aliphatic carboxylic acids is 1. The summed E-state index contributed by atoms with van der Waals surface area (Å²) in [5.41, 5.74) is 0.580. The highest BCUT2D eigenvalue weighted by atomic mass is 16.5. The molecule has 0 saturated heterocycles. The molecule has 1 aromatic carbocycles. The number of benzene rings is 1. The SMILES string of the molecule is O=C(O)CNC(=O)OCCCC#Cc1ccc2cc[nH]c(=O)c2c1. The van der Waals surface area contributed by atoms with Crippen LogP contribution in [0, 0.1) is 11.8 Å². The van der Waals surface area contributed by atoms with Crippen molar-refractivity contribution in [3.63, 3.8) is 0 Å². The van der Waals surface area contributed by atoms with Crippen LogP contribution in [0.15, 0.2) is 35.3 Å². The van der Waals surface area contributed by atoms with Crippen molar-refractivity contribution < 1.29 is 19.4 Å². The second kappa shape index (κ2) is 8.39. The molecule has 0 aliphatic carbocycles. The summed E-state index contributed by atoms with van der Waals surface area (Å²) in [7, 11) is 0. The molecule has 0 fully saturated rings. The van der Waals surface area contributed by atoms with Crippen LogP contribution >= 0.6 is 0 Å². The maximum atomic E-state index is 11.7. The van der Waals surface area contributed by atoms with Crippen molar-refractivity contribution in [1.29, 1.82) is 0 Å². The largest absolute Gasteiger partial charge is 0.480 e. The van der Waals surface area contributed by atoms with E-state index in [0.29, 0.717) is 18.2 Å². The van der Waals surface area contributed by atoms with Gasteiger partial charge < -0.3 is 20.1 Å². The minimum absolute atomic E-state index is 0.150. The zero-order chi connectivity index (χ0) is 17.4. The third-order valence-electron chi connectivity index (χ3n) is 3.07. The lowest BCUT2D eigenvalue weighted by atomic mass is 10.1. The number of aromatic amines is 1. The first kappa shape index (κ1) is 17.1. The van der Waals surface area contributed by atoms with E-state index in [2.05, 4.69) is 22.1 Å². The molecule has 7 nitrogen and oxygen atoms in total. The number of carbonyl (C=O) groups is 2. The molecule has 7 heteroatoms. The van der Waals surface area contributed by atoms with E-state index in [9.17, 15) is 14.4 Å². The number of ether oxygens (including phenoxy) is 1. The number of hydrogen-bond donors (Lipinski definition) is 3. The zero-order valence-electron chi connectivity index (χ0n) is 12.8. The summed E-state index contributed by atoms with van der Waals surface area (Å²) in [5, 5.41) is 11.9. The Labute approximate surface area is 137 Å². The molecule has 0 saturated carbocycles. The molecule has 0 atom stereocenters. The van der Waals surface area contributed by atoms with Gasteiger partial charge in [0, 0.05) is 23.6 Å². The van der Waals surface area contributed by atoms with E-state index >= 15 is 0 Å². The van der Waals surface area contributed by atoms with Gasteiger partial charge in [-0.15, -0.1) is 0 Å². The number of unbranched alkanes of at least 4 members (excludes halogenated alkanes) is 1. The predicted molar refractivity (Wildman–Crippen MR) is 87.7 cm³/mol. The van der Waals surface area contributed by atoms with E-state index in [-0.39, 0.29) is 12.2 Å². The van der Waals surface area contributed by atoms with Crippen LogP contribution in [0.2, 0.25) is 0 Å². The first-order chi connectivity index (χ1) is 11.6. The molecule has 3 N–H and O–H groups in total. The molecular formula is C17H16N2O5. The number of pyridine rings is 1. The van der Waals surface area contributed by atoms with Crippen molar-refractivity contribution in [2.24, 2.45) is 0 Å². The summed E-state index contributed by atoms with van der Waals surface area (Å²) in [5.74, 6) is 4.76. The first-order valence-electron chi connectivity index (χ1n) is 7.29. The number of carboxylic acid groups (broad SMARTS) is 1. The van der Waals surface area contributed by atoms with Gasteiger partial charge in [-0.3, -0.25) is 9.59 Å². The van der Waals surface area contributed by atoms with Crippen LogP contribution in [-0.4, -0.2) is 35.3 Å². The van der Waals surface area contributed by atoms with E-state index in [1.807, 2.05) is 18.2 Å². The molecule has 0 radical (unpaired) electrons. The number of H-pyrrole nitrogens is 1. The van der Waals surface area contributed by atoms with Gasteiger partial charge in [-0.2, -0.15) is 0 Å². The maximum absolute atomic E-state index is 11.7. The number of nitrogens with one attached hydrogen (secondary N) is 2. The Morgan fingerprint density at radius 1 is 1.29 bits per heavy atom. The van der Waals surface area contributed by atoms with Crippen LogP contribution in [0.25, 0.3) is 10.8 Å². The van der Waals surface area contributed by atoms with E-state index in [0.717, 1.165) is 10.9 Å². The summed E-state index contributed by atoms with van der Waals surface area (Å²) in [6.45, 7) is -0.322. The Balaban J connectivity index is 1.79. The number of amides is 1. The van der Waals surface area contributed by atoms with Crippen molar-refractivity contribution in [2.75, 3.05) is 13.2 Å². The summed E-state index contributed by atoms with van der Waals surface area (Å²) in [6.07, 6.45) is 1.87. The van der Waals surface area contributed by atoms with Crippen molar-refractivity contribution >= 4 is 22.8 Å². The molecule has 1 amide bonds. The fourth-order valence-corrected chi connectivity index (χ4v) is 1.95. The van der Waals surface area contributed by atoms with Crippen molar-refractivity contribution in [2.45, 2.75) is 12.8 Å². The Morgan fingerprint density at radius 2 is 2.12 bits per heavy atom. The molecule has 0 unspecified atom stereocenters. The highest BCUT2D eigenvalue weighted by Crippen LogP contribution is 2.10. The summed E-state index contributed by atoms with van der Waals surface area (Å²) >= 11 is 0. The molecule has 24 heavy (non-hydrogen) atoms. The Bertz CT molecular complexity index is 860. The number of alkyl carbamates (subject to hydrolysis) is 1. The number of rotatable bonds is 5. The molecule has 0 spiro atoms. The number of carboxylic acids is 1. The molecule has 124 valence electrons. The zero-order valence-corrected chi connectivity index (χ0v) is 12.8. The molecule has 1 heterocycles. The van der Waals surface area contributed by atoms with Gasteiger partial charge in [0.15, 0.2) is 0 Å². The maximum Gasteiger partial charge on any atom is 0.407 e. The molecule has 0 aliphatic heterocycles. The lowest BCUT2D eigenvalue weighted by Gasteiger charge is -2.03. The lowest BCUT2D eigenvalue weighted by Crippen LogP contribution is -2.30. The first-order valence-corrected chi connectivity index (χ1v) is 7.29. The number of hydrogen-bond acceptors (Lipinski definition) is 4. The topological polar surface area (TPSA) is 108 Å². The van der Waals surface area contributed by atoms with Gasteiger partial charge in [0.2, 0.25) is 0 Å². The van der Waals surface area contributed by atoms with Crippen LogP contribution < -0.4 is 10.9 Å². The number of carbonyl (C=O) groups excluding carboxylic acids is 1. The van der Waals surface area contributed by atoms with Crippen LogP contribution in [-0.2, 0) is 9.53 Å². The summed E-state index contributed by atoms with van der Waals surface area (Å²) in [4.78, 5) is 35.7. The summed E-state index contributed by atoms with van der Waals surface area (Å²) < 4.78 is 4.79. The van der Waals surface area contributed by atoms with Gasteiger partial charge in [-0.05, 0) is 30.0 Å². The van der Waals surface area contributed by atoms with Crippen LogP contribution in [0.5, 0.6) is 0 Å². The molecule has 2 rings (SSSR count). The monoisotopic (exact) mass is 328 g/mol. The second-order valence-corrected chi connectivity index (χ2v) is 4.90. The standard InChI is InChI=1S/C17H16N2O5/c20-15(21)11-19-17(23)24-9-3-1-2-4-12-5-6-13-7-8-18-16(22)14(13)10-12/h5-8,10H,1,3,9,11H2,(H,18,22)(H,19,23)(H,20,21). The number of aromatic nitrogens is 1. The van der Waals surface area contributed by atoms with Crippen molar-refractivity contribution in [3.8, 4) is 11.8 Å². The van der Waals surface area contributed by atoms with Gasteiger partial charge in [-0.1, -0.05) is 17.9 Å². The third kappa shape index (κ3) is 5.18. The quantitative estimate of drug-likeness (QED) is 0.569.